The summed E-state index contributed by atoms with van der Waals surface area (Å²) in [5.74, 6) is -0.873. The maximum atomic E-state index is 12.3. The van der Waals surface area contributed by atoms with Gasteiger partial charge in [0.25, 0.3) is 0 Å². The fourth-order valence-corrected chi connectivity index (χ4v) is 5.17. The van der Waals surface area contributed by atoms with E-state index in [-0.39, 0.29) is 26.6 Å². The number of Topliss-reactive ketones (excluding diaryl/α,β-unsaturated/α-hetero) is 1. The highest BCUT2D eigenvalue weighted by molar-refractivity contribution is 7.92. The van der Waals surface area contributed by atoms with Crippen molar-refractivity contribution in [3.63, 3.8) is 0 Å². The first kappa shape index (κ1) is 15.8. The first-order chi connectivity index (χ1) is 9.42. The summed E-state index contributed by atoms with van der Waals surface area (Å²) >= 11 is 11.8. The first-order valence-corrected chi connectivity index (χ1v) is 9.02. The number of carbonyl (C=O) groups is 1. The van der Waals surface area contributed by atoms with Crippen LogP contribution in [-0.4, -0.2) is 20.0 Å². The summed E-state index contributed by atoms with van der Waals surface area (Å²) < 4.78 is 24.7. The van der Waals surface area contributed by atoms with Gasteiger partial charge >= 0.3 is 0 Å². The van der Waals surface area contributed by atoms with Crippen molar-refractivity contribution in [3.05, 3.63) is 28.2 Å². The largest absolute Gasteiger partial charge is 0.298 e. The van der Waals surface area contributed by atoms with E-state index in [0.29, 0.717) is 0 Å². The third-order valence-corrected chi connectivity index (χ3v) is 6.20. The summed E-state index contributed by atoms with van der Waals surface area (Å²) in [6.45, 7) is 0. The van der Waals surface area contributed by atoms with Crippen molar-refractivity contribution in [1.82, 2.24) is 0 Å². The molecule has 2 rings (SSSR count). The zero-order chi connectivity index (χ0) is 14.8. The van der Waals surface area contributed by atoms with E-state index in [0.717, 1.165) is 32.1 Å². The summed E-state index contributed by atoms with van der Waals surface area (Å²) in [5, 5.41) is 0.128. The number of rotatable bonds is 4. The Morgan fingerprint density at radius 2 is 1.65 bits per heavy atom. The maximum Gasteiger partial charge on any atom is 0.188 e. The molecule has 0 amide bonds. The standard InChI is InChI=1S/C14H16Cl2O3S/c15-11-7-4-8-12(16)14(11)20(18,19)9-13(17)10-5-2-1-3-6-10/h4,7-8,10H,1-3,5-6,9H2. The van der Waals surface area contributed by atoms with Gasteiger partial charge in [-0.1, -0.05) is 48.5 Å². The monoisotopic (exact) mass is 334 g/mol. The normalized spacial score (nSPS) is 17.1. The molecule has 1 aliphatic rings. The van der Waals surface area contributed by atoms with Crippen molar-refractivity contribution < 1.29 is 13.2 Å². The van der Waals surface area contributed by atoms with Crippen LogP contribution in [0.4, 0.5) is 0 Å². The van der Waals surface area contributed by atoms with Gasteiger partial charge < -0.3 is 0 Å². The smallest absolute Gasteiger partial charge is 0.188 e. The van der Waals surface area contributed by atoms with Crippen LogP contribution in [0.1, 0.15) is 32.1 Å². The number of hydrogen-bond acceptors (Lipinski definition) is 3. The van der Waals surface area contributed by atoms with Crippen molar-refractivity contribution in [3.8, 4) is 0 Å². The lowest BCUT2D eigenvalue weighted by atomic mass is 9.87. The fourth-order valence-electron chi connectivity index (χ4n) is 2.58. The van der Waals surface area contributed by atoms with Crippen molar-refractivity contribution in [2.75, 3.05) is 5.75 Å². The number of carbonyl (C=O) groups excluding carboxylic acids is 1. The Morgan fingerprint density at radius 1 is 1.10 bits per heavy atom. The molecule has 0 N–H and O–H groups in total. The van der Waals surface area contributed by atoms with Crippen LogP contribution in [0.25, 0.3) is 0 Å². The van der Waals surface area contributed by atoms with Gasteiger partial charge in [-0.05, 0) is 25.0 Å². The van der Waals surface area contributed by atoms with Gasteiger partial charge in [0.05, 0.1) is 10.0 Å². The van der Waals surface area contributed by atoms with E-state index in [1.165, 1.54) is 12.1 Å². The quantitative estimate of drug-likeness (QED) is 0.838. The molecular formula is C14H16Cl2O3S. The molecule has 1 fully saturated rings. The molecule has 0 aromatic heterocycles. The minimum Gasteiger partial charge on any atom is -0.298 e. The van der Waals surface area contributed by atoms with Crippen molar-refractivity contribution >= 4 is 38.8 Å². The molecule has 0 atom stereocenters. The van der Waals surface area contributed by atoms with Gasteiger partial charge in [-0.15, -0.1) is 0 Å². The summed E-state index contributed by atoms with van der Waals surface area (Å²) in [6.07, 6.45) is 4.66. The summed E-state index contributed by atoms with van der Waals surface area (Å²) in [6, 6.07) is 4.50. The molecule has 6 heteroatoms. The minimum absolute atomic E-state index is 0.0638. The molecule has 20 heavy (non-hydrogen) atoms. The number of hydrogen-bond donors (Lipinski definition) is 0. The van der Waals surface area contributed by atoms with Crippen LogP contribution in [-0.2, 0) is 14.6 Å². The Balaban J connectivity index is 2.21. The third kappa shape index (κ3) is 3.54. The molecule has 0 saturated heterocycles. The molecule has 0 bridgehead atoms. The van der Waals surface area contributed by atoms with E-state index < -0.39 is 15.6 Å². The molecule has 1 saturated carbocycles. The maximum absolute atomic E-state index is 12.3. The van der Waals surface area contributed by atoms with Crippen LogP contribution in [0.15, 0.2) is 23.1 Å². The molecular weight excluding hydrogens is 319 g/mol. The summed E-state index contributed by atoms with van der Waals surface area (Å²) in [5.41, 5.74) is 0. The molecule has 1 aromatic carbocycles. The lowest BCUT2D eigenvalue weighted by molar-refractivity contribution is -0.121. The number of benzene rings is 1. The second-order valence-electron chi connectivity index (χ2n) is 5.11. The van der Waals surface area contributed by atoms with Gasteiger partial charge in [0.2, 0.25) is 0 Å². The lowest BCUT2D eigenvalue weighted by Gasteiger charge is -2.20. The number of halogens is 2. The third-order valence-electron chi connectivity index (χ3n) is 3.62. The first-order valence-electron chi connectivity index (χ1n) is 6.61. The second-order valence-corrected chi connectivity index (χ2v) is 7.85. The van der Waals surface area contributed by atoms with Crippen molar-refractivity contribution in [2.45, 2.75) is 37.0 Å². The topological polar surface area (TPSA) is 51.2 Å². The average molecular weight is 335 g/mol. The Morgan fingerprint density at radius 3 is 2.20 bits per heavy atom. The summed E-state index contributed by atoms with van der Waals surface area (Å²) in [4.78, 5) is 12.0. The lowest BCUT2D eigenvalue weighted by Crippen LogP contribution is -2.25. The van der Waals surface area contributed by atoms with Gasteiger partial charge in [-0.2, -0.15) is 0 Å². The van der Waals surface area contributed by atoms with Gasteiger partial charge in [0.15, 0.2) is 15.6 Å². The zero-order valence-corrected chi connectivity index (χ0v) is 13.3. The van der Waals surface area contributed by atoms with Crippen LogP contribution in [0.5, 0.6) is 0 Å². The van der Waals surface area contributed by atoms with Crippen LogP contribution < -0.4 is 0 Å². The van der Waals surface area contributed by atoms with E-state index in [1.807, 2.05) is 0 Å². The van der Waals surface area contributed by atoms with E-state index in [2.05, 4.69) is 0 Å². The molecule has 0 unspecified atom stereocenters. The minimum atomic E-state index is -3.78. The van der Waals surface area contributed by atoms with Crippen LogP contribution >= 0.6 is 23.2 Å². The van der Waals surface area contributed by atoms with Gasteiger partial charge in [0.1, 0.15) is 10.6 Å². The van der Waals surface area contributed by atoms with E-state index in [4.69, 9.17) is 23.2 Å². The highest BCUT2D eigenvalue weighted by Gasteiger charge is 2.29. The van der Waals surface area contributed by atoms with Crippen LogP contribution in [0.2, 0.25) is 10.0 Å². The highest BCUT2D eigenvalue weighted by atomic mass is 35.5. The fraction of sp³-hybridized carbons (Fsp3) is 0.500. The molecule has 1 aromatic rings. The predicted molar refractivity (Wildman–Crippen MR) is 80.1 cm³/mol. The molecule has 0 aliphatic heterocycles. The second kappa shape index (κ2) is 6.46. The van der Waals surface area contributed by atoms with E-state index in [1.54, 1.807) is 6.07 Å². The van der Waals surface area contributed by atoms with Gasteiger partial charge in [0, 0.05) is 5.92 Å². The van der Waals surface area contributed by atoms with E-state index in [9.17, 15) is 13.2 Å². The average Bonchev–Trinajstić information content (AvgIpc) is 2.38. The van der Waals surface area contributed by atoms with Crippen molar-refractivity contribution in [1.29, 1.82) is 0 Å². The highest BCUT2D eigenvalue weighted by Crippen LogP contribution is 2.31. The molecule has 1 aliphatic carbocycles. The molecule has 0 radical (unpaired) electrons. The summed E-state index contributed by atoms with van der Waals surface area (Å²) in [7, 11) is -3.78. The SMILES string of the molecule is O=C(CS(=O)(=O)c1c(Cl)cccc1Cl)C1CCCCC1. The number of sulfone groups is 1. The van der Waals surface area contributed by atoms with Gasteiger partial charge in [-0.25, -0.2) is 8.42 Å². The Kier molecular flexibility index (Phi) is 5.10. The van der Waals surface area contributed by atoms with Crippen LogP contribution in [0.3, 0.4) is 0 Å². The predicted octanol–water partition coefficient (Wildman–Crippen LogP) is 3.92. The Hall–Kier alpha value is -0.580. The van der Waals surface area contributed by atoms with E-state index >= 15 is 0 Å². The molecule has 3 nitrogen and oxygen atoms in total. The number of ketones is 1. The molecule has 110 valence electrons. The Bertz CT molecular complexity index is 585. The van der Waals surface area contributed by atoms with Gasteiger partial charge in [-0.3, -0.25) is 4.79 Å². The molecule has 0 spiro atoms. The Labute approximate surface area is 129 Å². The van der Waals surface area contributed by atoms with Crippen LogP contribution in [0, 0.1) is 5.92 Å². The van der Waals surface area contributed by atoms with Crippen molar-refractivity contribution in [2.24, 2.45) is 5.92 Å². The molecule has 0 heterocycles. The zero-order valence-electron chi connectivity index (χ0n) is 10.9.